The summed E-state index contributed by atoms with van der Waals surface area (Å²) in [6, 6.07) is 4.54. The van der Waals surface area contributed by atoms with Crippen LogP contribution in [0.15, 0.2) is 42.9 Å². The Kier molecular flexibility index (Phi) is 13.3. The molecule has 4 unspecified atom stereocenters. The fourth-order valence-electron chi connectivity index (χ4n) is 3.92. The highest BCUT2D eigenvalue weighted by molar-refractivity contribution is 5.94. The van der Waals surface area contributed by atoms with Gasteiger partial charge in [-0.25, -0.2) is 9.78 Å². The van der Waals surface area contributed by atoms with Crippen molar-refractivity contribution in [1.82, 2.24) is 25.9 Å². The lowest BCUT2D eigenvalue weighted by atomic mass is 10.0. The van der Waals surface area contributed by atoms with Gasteiger partial charge in [-0.05, 0) is 44.2 Å². The quantitative estimate of drug-likeness (QED) is 0.0985. The van der Waals surface area contributed by atoms with E-state index in [9.17, 15) is 29.1 Å². The number of benzene rings is 1. The van der Waals surface area contributed by atoms with E-state index >= 15 is 0 Å². The number of aromatic amines is 1. The Morgan fingerprint density at radius 2 is 1.50 bits per heavy atom. The molecular weight excluding hydrogens is 520 g/mol. The Labute approximate surface area is 231 Å². The van der Waals surface area contributed by atoms with E-state index in [2.05, 4.69) is 25.9 Å². The summed E-state index contributed by atoms with van der Waals surface area (Å²) in [6.45, 7) is 0.381. The van der Waals surface area contributed by atoms with Gasteiger partial charge < -0.3 is 43.2 Å². The third-order valence-electron chi connectivity index (χ3n) is 6.12. The number of hydrogen-bond donors (Lipinski definition) is 8. The van der Waals surface area contributed by atoms with E-state index in [0.29, 0.717) is 25.1 Å². The first-order valence-electron chi connectivity index (χ1n) is 13.0. The van der Waals surface area contributed by atoms with Crippen LogP contribution in [0.3, 0.4) is 0 Å². The predicted molar refractivity (Wildman–Crippen MR) is 145 cm³/mol. The average molecular weight is 559 g/mol. The van der Waals surface area contributed by atoms with Gasteiger partial charge in [0.05, 0.1) is 12.4 Å². The molecule has 218 valence electrons. The van der Waals surface area contributed by atoms with Gasteiger partial charge in [-0.3, -0.25) is 19.2 Å². The van der Waals surface area contributed by atoms with E-state index in [-0.39, 0.29) is 32.1 Å². The SMILES string of the molecule is NCCCCC(NC(=O)C(N)Cc1ccccc1)C(=O)NC(CCC(N)=O)C(=O)NC(Cc1cnc[nH]1)C(=O)O. The third kappa shape index (κ3) is 11.2. The largest absolute Gasteiger partial charge is 0.480 e. The van der Waals surface area contributed by atoms with Gasteiger partial charge in [0.2, 0.25) is 23.6 Å². The molecule has 0 aliphatic carbocycles. The van der Waals surface area contributed by atoms with E-state index in [1.165, 1.54) is 12.5 Å². The van der Waals surface area contributed by atoms with Gasteiger partial charge in [-0.2, -0.15) is 0 Å². The van der Waals surface area contributed by atoms with Crippen molar-refractivity contribution in [3.05, 3.63) is 54.1 Å². The summed E-state index contributed by atoms with van der Waals surface area (Å²) in [4.78, 5) is 68.9. The fourth-order valence-corrected chi connectivity index (χ4v) is 3.92. The normalized spacial score (nSPS) is 13.8. The van der Waals surface area contributed by atoms with Crippen LogP contribution in [-0.2, 0) is 36.8 Å². The molecule has 0 aliphatic heterocycles. The van der Waals surface area contributed by atoms with Crippen LogP contribution in [0.1, 0.15) is 43.4 Å². The van der Waals surface area contributed by atoms with Crippen molar-refractivity contribution < 1.29 is 29.1 Å². The van der Waals surface area contributed by atoms with Crippen molar-refractivity contribution in [2.24, 2.45) is 17.2 Å². The number of nitrogens with zero attached hydrogens (tertiary/aromatic N) is 1. The number of carboxylic acids is 1. The van der Waals surface area contributed by atoms with Crippen LogP contribution in [-0.4, -0.2) is 75.4 Å². The molecular formula is C26H38N8O6. The van der Waals surface area contributed by atoms with E-state index in [1.54, 1.807) is 0 Å². The molecule has 11 N–H and O–H groups in total. The zero-order valence-electron chi connectivity index (χ0n) is 22.2. The van der Waals surface area contributed by atoms with Crippen LogP contribution >= 0.6 is 0 Å². The minimum atomic E-state index is -1.34. The van der Waals surface area contributed by atoms with Crippen LogP contribution in [0.25, 0.3) is 0 Å². The summed E-state index contributed by atoms with van der Waals surface area (Å²) in [5.41, 5.74) is 18.2. The molecule has 4 atom stereocenters. The number of hydrogen-bond acceptors (Lipinski definition) is 8. The number of carbonyl (C=O) groups excluding carboxylic acids is 4. The molecule has 0 fully saturated rings. The van der Waals surface area contributed by atoms with E-state index < -0.39 is 53.8 Å². The number of aromatic nitrogens is 2. The maximum atomic E-state index is 13.3. The van der Waals surface area contributed by atoms with Gasteiger partial charge >= 0.3 is 5.97 Å². The summed E-state index contributed by atoms with van der Waals surface area (Å²) in [6.07, 6.45) is 3.84. The first-order valence-corrected chi connectivity index (χ1v) is 13.0. The molecule has 0 bridgehead atoms. The summed E-state index contributed by atoms with van der Waals surface area (Å²) >= 11 is 0. The molecule has 0 saturated carbocycles. The highest BCUT2D eigenvalue weighted by atomic mass is 16.4. The molecule has 2 rings (SSSR count). The first kappa shape index (κ1) is 31.9. The van der Waals surface area contributed by atoms with Crippen molar-refractivity contribution >= 4 is 29.6 Å². The number of carbonyl (C=O) groups is 5. The van der Waals surface area contributed by atoms with Crippen molar-refractivity contribution in [2.45, 2.75) is 69.1 Å². The molecule has 0 radical (unpaired) electrons. The van der Waals surface area contributed by atoms with Crippen LogP contribution in [0, 0.1) is 0 Å². The standard InChI is InChI=1S/C26H38N8O6/c27-11-5-4-8-19(32-23(36)18(28)12-16-6-2-1-3-7-16)24(37)33-20(9-10-22(29)35)25(38)34-21(26(39)40)13-17-14-30-15-31-17/h1-3,6-7,14-15,18-21H,4-5,8-13,27-28H2,(H2,29,35)(H,30,31)(H,32,36)(H,33,37)(H,34,38)(H,39,40). The van der Waals surface area contributed by atoms with Gasteiger partial charge in [-0.15, -0.1) is 0 Å². The molecule has 1 aromatic carbocycles. The average Bonchev–Trinajstić information content (AvgIpc) is 3.43. The van der Waals surface area contributed by atoms with Gasteiger partial charge in [0.25, 0.3) is 0 Å². The smallest absolute Gasteiger partial charge is 0.326 e. The molecule has 0 aliphatic rings. The Morgan fingerprint density at radius 1 is 0.875 bits per heavy atom. The zero-order valence-corrected chi connectivity index (χ0v) is 22.2. The number of nitrogens with two attached hydrogens (primary N) is 3. The number of aliphatic carboxylic acids is 1. The van der Waals surface area contributed by atoms with Gasteiger partial charge in [0.15, 0.2) is 0 Å². The highest BCUT2D eigenvalue weighted by Crippen LogP contribution is 2.08. The van der Waals surface area contributed by atoms with Crippen molar-refractivity contribution in [2.75, 3.05) is 6.54 Å². The molecule has 1 aromatic heterocycles. The molecule has 2 aromatic rings. The molecule has 0 spiro atoms. The lowest BCUT2D eigenvalue weighted by Crippen LogP contribution is -2.57. The lowest BCUT2D eigenvalue weighted by molar-refractivity contribution is -0.142. The lowest BCUT2D eigenvalue weighted by Gasteiger charge is -2.25. The monoisotopic (exact) mass is 558 g/mol. The number of imidazole rings is 1. The number of amides is 4. The molecule has 14 heteroatoms. The van der Waals surface area contributed by atoms with E-state index in [0.717, 1.165) is 5.56 Å². The van der Waals surface area contributed by atoms with Crippen molar-refractivity contribution in [3.63, 3.8) is 0 Å². The Hall–Kier alpha value is -4.30. The number of rotatable bonds is 18. The van der Waals surface area contributed by atoms with Crippen LogP contribution in [0.4, 0.5) is 0 Å². The molecule has 40 heavy (non-hydrogen) atoms. The minimum absolute atomic E-state index is 0.0887. The van der Waals surface area contributed by atoms with Crippen molar-refractivity contribution in [1.29, 1.82) is 0 Å². The van der Waals surface area contributed by atoms with Gasteiger partial charge in [-0.1, -0.05) is 30.3 Å². The maximum Gasteiger partial charge on any atom is 0.326 e. The van der Waals surface area contributed by atoms with Gasteiger partial charge in [0.1, 0.15) is 18.1 Å². The molecule has 0 saturated heterocycles. The maximum absolute atomic E-state index is 13.3. The Morgan fingerprint density at radius 3 is 2.08 bits per heavy atom. The van der Waals surface area contributed by atoms with Crippen LogP contribution in [0.2, 0.25) is 0 Å². The van der Waals surface area contributed by atoms with E-state index in [1.807, 2.05) is 30.3 Å². The predicted octanol–water partition coefficient (Wildman–Crippen LogP) is -1.54. The second kappa shape index (κ2) is 16.6. The second-order valence-corrected chi connectivity index (χ2v) is 9.39. The van der Waals surface area contributed by atoms with Crippen molar-refractivity contribution in [3.8, 4) is 0 Å². The van der Waals surface area contributed by atoms with E-state index in [4.69, 9.17) is 17.2 Å². The van der Waals surface area contributed by atoms with Crippen LogP contribution < -0.4 is 33.2 Å². The number of unbranched alkanes of at least 4 members (excludes halogenated alkanes) is 1. The first-order chi connectivity index (χ1) is 19.1. The Balaban J connectivity index is 2.13. The molecule has 1 heterocycles. The number of nitrogens with one attached hydrogen (secondary N) is 4. The van der Waals surface area contributed by atoms with Gasteiger partial charge in [0, 0.05) is 24.7 Å². The summed E-state index contributed by atoms with van der Waals surface area (Å²) in [7, 11) is 0. The number of H-pyrrole nitrogens is 1. The minimum Gasteiger partial charge on any atom is -0.480 e. The number of primary amides is 1. The second-order valence-electron chi connectivity index (χ2n) is 9.39. The molecule has 14 nitrogen and oxygen atoms in total. The topological polar surface area (TPSA) is 248 Å². The Bertz CT molecular complexity index is 1110. The zero-order chi connectivity index (χ0) is 29.5. The third-order valence-corrected chi connectivity index (χ3v) is 6.12. The highest BCUT2D eigenvalue weighted by Gasteiger charge is 2.30. The summed E-state index contributed by atoms with van der Waals surface area (Å²) in [5.74, 6) is -4.08. The summed E-state index contributed by atoms with van der Waals surface area (Å²) < 4.78 is 0. The number of carboxylic acid groups (broad SMARTS) is 1. The summed E-state index contributed by atoms with van der Waals surface area (Å²) in [5, 5.41) is 17.2. The fraction of sp³-hybridized carbons (Fsp3) is 0.462. The van der Waals surface area contributed by atoms with Crippen LogP contribution in [0.5, 0.6) is 0 Å². The molecule has 4 amide bonds.